The molecule has 1 heterocycles. The number of benzene rings is 2. The van der Waals surface area contributed by atoms with Crippen molar-refractivity contribution < 1.29 is 14.2 Å². The second-order valence-corrected chi connectivity index (χ2v) is 5.61. The van der Waals surface area contributed by atoms with Gasteiger partial charge in [0.15, 0.2) is 0 Å². The Morgan fingerprint density at radius 2 is 1.70 bits per heavy atom. The van der Waals surface area contributed by atoms with E-state index < -0.39 is 0 Å². The summed E-state index contributed by atoms with van der Waals surface area (Å²) < 4.78 is 17.5. The van der Waals surface area contributed by atoms with Gasteiger partial charge in [-0.2, -0.15) is 0 Å². The Kier molecular flexibility index (Phi) is 4.72. The lowest BCUT2D eigenvalue weighted by molar-refractivity contribution is 0.187. The van der Waals surface area contributed by atoms with Gasteiger partial charge < -0.3 is 19.5 Å². The van der Waals surface area contributed by atoms with E-state index in [0.717, 1.165) is 53.3 Å². The summed E-state index contributed by atoms with van der Waals surface area (Å²) in [6, 6.07) is 12.1. The fraction of sp³-hybridized carbons (Fsp3) is 0.368. The predicted molar refractivity (Wildman–Crippen MR) is 91.5 cm³/mol. The minimum atomic E-state index is 0.0352. The van der Waals surface area contributed by atoms with E-state index in [-0.39, 0.29) is 6.10 Å². The lowest BCUT2D eigenvalue weighted by atomic mass is 9.89. The van der Waals surface area contributed by atoms with Crippen molar-refractivity contribution in [3.8, 4) is 28.4 Å². The maximum absolute atomic E-state index is 6.28. The molecule has 122 valence electrons. The molecule has 1 atom stereocenters. The van der Waals surface area contributed by atoms with Crippen molar-refractivity contribution in [3.63, 3.8) is 0 Å². The van der Waals surface area contributed by atoms with Crippen LogP contribution in [0.3, 0.4) is 0 Å². The third-order valence-electron chi connectivity index (χ3n) is 4.25. The number of rotatable bonds is 6. The molecule has 0 spiro atoms. The lowest BCUT2D eigenvalue weighted by Gasteiger charge is -2.30. The van der Waals surface area contributed by atoms with Crippen LogP contribution in [0, 0.1) is 0 Å². The predicted octanol–water partition coefficient (Wildman–Crippen LogP) is 3.80. The van der Waals surface area contributed by atoms with Crippen molar-refractivity contribution in [1.82, 2.24) is 5.32 Å². The highest BCUT2D eigenvalue weighted by Gasteiger charge is 2.30. The first-order valence-corrected chi connectivity index (χ1v) is 7.95. The van der Waals surface area contributed by atoms with Gasteiger partial charge in [-0.15, -0.1) is 0 Å². The average molecular weight is 313 g/mol. The quantitative estimate of drug-likeness (QED) is 0.823. The first-order valence-electron chi connectivity index (χ1n) is 7.95. The molecule has 3 rings (SSSR count). The standard InChI is InChI=1S/C19H23NO3/c1-20-12-6-11-14-13-7-4-8-15(21-2)18(13)19-16(22-3)9-5-10-17(19)23-14/h4-5,7-10,14,20H,6,11-12H2,1-3H3. The van der Waals surface area contributed by atoms with Gasteiger partial charge >= 0.3 is 0 Å². The van der Waals surface area contributed by atoms with Crippen LogP contribution in [-0.4, -0.2) is 27.8 Å². The van der Waals surface area contributed by atoms with E-state index in [1.165, 1.54) is 0 Å². The van der Waals surface area contributed by atoms with E-state index in [0.29, 0.717) is 0 Å². The van der Waals surface area contributed by atoms with Crippen molar-refractivity contribution in [2.24, 2.45) is 0 Å². The van der Waals surface area contributed by atoms with Gasteiger partial charge in [0.1, 0.15) is 23.4 Å². The molecule has 0 fully saturated rings. The van der Waals surface area contributed by atoms with Gasteiger partial charge in [0.05, 0.1) is 19.8 Å². The average Bonchev–Trinajstić information content (AvgIpc) is 2.60. The molecule has 0 radical (unpaired) electrons. The Labute approximate surface area is 137 Å². The van der Waals surface area contributed by atoms with E-state index in [2.05, 4.69) is 11.4 Å². The van der Waals surface area contributed by atoms with Crippen molar-refractivity contribution in [3.05, 3.63) is 42.0 Å². The molecule has 0 saturated heterocycles. The molecular formula is C19H23NO3. The van der Waals surface area contributed by atoms with Crippen molar-refractivity contribution >= 4 is 0 Å². The van der Waals surface area contributed by atoms with Crippen LogP contribution in [0.2, 0.25) is 0 Å². The molecule has 1 aliphatic rings. The Balaban J connectivity index is 2.11. The summed E-state index contributed by atoms with van der Waals surface area (Å²) in [5.41, 5.74) is 3.23. The minimum Gasteiger partial charge on any atom is -0.496 e. The van der Waals surface area contributed by atoms with E-state index in [4.69, 9.17) is 14.2 Å². The van der Waals surface area contributed by atoms with Crippen molar-refractivity contribution in [2.75, 3.05) is 27.8 Å². The molecule has 4 nitrogen and oxygen atoms in total. The largest absolute Gasteiger partial charge is 0.496 e. The van der Waals surface area contributed by atoms with Gasteiger partial charge in [-0.05, 0) is 44.6 Å². The summed E-state index contributed by atoms with van der Waals surface area (Å²) in [4.78, 5) is 0. The van der Waals surface area contributed by atoms with Crippen LogP contribution in [0.4, 0.5) is 0 Å². The summed E-state index contributed by atoms with van der Waals surface area (Å²) in [5.74, 6) is 2.52. The number of ether oxygens (including phenoxy) is 3. The highest BCUT2D eigenvalue weighted by atomic mass is 16.5. The molecule has 4 heteroatoms. The maximum atomic E-state index is 6.28. The summed E-state index contributed by atoms with van der Waals surface area (Å²) in [6.45, 7) is 0.976. The fourth-order valence-electron chi connectivity index (χ4n) is 3.18. The number of hydrogen-bond donors (Lipinski definition) is 1. The summed E-state index contributed by atoms with van der Waals surface area (Å²) >= 11 is 0. The van der Waals surface area contributed by atoms with Crippen LogP contribution in [-0.2, 0) is 0 Å². The van der Waals surface area contributed by atoms with Gasteiger partial charge in [0.2, 0.25) is 0 Å². The number of fused-ring (bicyclic) bond motifs is 3. The van der Waals surface area contributed by atoms with E-state index in [9.17, 15) is 0 Å². The Morgan fingerprint density at radius 1 is 1.00 bits per heavy atom. The first kappa shape index (κ1) is 15.7. The van der Waals surface area contributed by atoms with Crippen molar-refractivity contribution in [2.45, 2.75) is 18.9 Å². The first-order chi connectivity index (χ1) is 11.3. The fourth-order valence-corrected chi connectivity index (χ4v) is 3.18. The summed E-state index contributed by atoms with van der Waals surface area (Å²) in [6.07, 6.45) is 2.04. The van der Waals surface area contributed by atoms with Crippen LogP contribution in [0.5, 0.6) is 17.2 Å². The third-order valence-corrected chi connectivity index (χ3v) is 4.25. The second kappa shape index (κ2) is 6.92. The second-order valence-electron chi connectivity index (χ2n) is 5.61. The number of hydrogen-bond acceptors (Lipinski definition) is 4. The molecule has 0 bridgehead atoms. The lowest BCUT2D eigenvalue weighted by Crippen LogP contribution is -2.17. The molecule has 0 amide bonds. The molecule has 0 aromatic heterocycles. The zero-order chi connectivity index (χ0) is 16.2. The number of nitrogens with one attached hydrogen (secondary N) is 1. The zero-order valence-electron chi connectivity index (χ0n) is 13.9. The van der Waals surface area contributed by atoms with Gasteiger partial charge in [-0.1, -0.05) is 18.2 Å². The van der Waals surface area contributed by atoms with E-state index in [1.807, 2.05) is 37.4 Å². The molecule has 2 aromatic rings. The van der Waals surface area contributed by atoms with Gasteiger partial charge in [0, 0.05) is 11.1 Å². The smallest absolute Gasteiger partial charge is 0.131 e. The SMILES string of the molecule is CNCCCC1Oc2cccc(OC)c2-c2c(OC)cccc21. The monoisotopic (exact) mass is 313 g/mol. The minimum absolute atomic E-state index is 0.0352. The molecule has 1 N–H and O–H groups in total. The van der Waals surface area contributed by atoms with Gasteiger partial charge in [-0.3, -0.25) is 0 Å². The molecular weight excluding hydrogens is 290 g/mol. The molecule has 1 aliphatic heterocycles. The Bertz CT molecular complexity index is 684. The molecule has 2 aromatic carbocycles. The van der Waals surface area contributed by atoms with Crippen LogP contribution in [0.25, 0.3) is 11.1 Å². The molecule has 1 unspecified atom stereocenters. The van der Waals surface area contributed by atoms with Crippen LogP contribution in [0.1, 0.15) is 24.5 Å². The van der Waals surface area contributed by atoms with E-state index in [1.54, 1.807) is 14.2 Å². The normalized spacial score (nSPS) is 15.3. The van der Waals surface area contributed by atoms with Crippen LogP contribution < -0.4 is 19.5 Å². The molecule has 0 aliphatic carbocycles. The Hall–Kier alpha value is -2.20. The molecule has 23 heavy (non-hydrogen) atoms. The highest BCUT2D eigenvalue weighted by Crippen LogP contribution is 2.51. The van der Waals surface area contributed by atoms with Gasteiger partial charge in [0.25, 0.3) is 0 Å². The van der Waals surface area contributed by atoms with Gasteiger partial charge in [-0.25, -0.2) is 0 Å². The maximum Gasteiger partial charge on any atom is 0.131 e. The van der Waals surface area contributed by atoms with Crippen molar-refractivity contribution in [1.29, 1.82) is 0 Å². The topological polar surface area (TPSA) is 39.7 Å². The Morgan fingerprint density at radius 3 is 2.39 bits per heavy atom. The third kappa shape index (κ3) is 2.86. The van der Waals surface area contributed by atoms with Crippen LogP contribution in [0.15, 0.2) is 36.4 Å². The van der Waals surface area contributed by atoms with E-state index >= 15 is 0 Å². The summed E-state index contributed by atoms with van der Waals surface area (Å²) in [5, 5.41) is 3.19. The zero-order valence-corrected chi connectivity index (χ0v) is 13.9. The molecule has 0 saturated carbocycles. The van der Waals surface area contributed by atoms with Crippen LogP contribution >= 0.6 is 0 Å². The number of methoxy groups -OCH3 is 2. The highest BCUT2D eigenvalue weighted by molar-refractivity contribution is 5.85. The summed E-state index contributed by atoms with van der Waals surface area (Å²) in [7, 11) is 5.36.